The van der Waals surface area contributed by atoms with Gasteiger partial charge in [-0.3, -0.25) is 0 Å². The Labute approximate surface area is 207 Å². The zero-order chi connectivity index (χ0) is 26.7. The minimum atomic E-state index is -4.84. The van der Waals surface area contributed by atoms with Crippen LogP contribution in [0.5, 0.6) is 11.5 Å². The molecule has 2 N–H and O–H groups in total. The summed E-state index contributed by atoms with van der Waals surface area (Å²) >= 11 is 0. The van der Waals surface area contributed by atoms with E-state index in [0.717, 1.165) is 31.0 Å². The average Bonchev–Trinajstić information content (AvgIpc) is 3.58. The second kappa shape index (κ2) is 8.64. The Balaban J connectivity index is 1.86. The summed E-state index contributed by atoms with van der Waals surface area (Å²) in [5.74, 6) is -1.20. The molecule has 1 aromatic heterocycles. The van der Waals surface area contributed by atoms with Crippen molar-refractivity contribution in [2.75, 3.05) is 12.4 Å². The molecule has 0 bridgehead atoms. The Kier molecular flexibility index (Phi) is 5.80. The number of rotatable bonds is 5. The Morgan fingerprint density at radius 3 is 2.27 bits per heavy atom. The van der Waals surface area contributed by atoms with Crippen LogP contribution in [0.15, 0.2) is 52.9 Å². The summed E-state index contributed by atoms with van der Waals surface area (Å²) in [4.78, 5) is 0. The number of methoxy groups -OCH3 is 1. The van der Waals surface area contributed by atoms with Gasteiger partial charge in [-0.2, -0.15) is 26.3 Å². The predicted molar refractivity (Wildman–Crippen MR) is 127 cm³/mol. The van der Waals surface area contributed by atoms with Gasteiger partial charge in [0.15, 0.2) is 11.5 Å². The molecule has 1 heterocycles. The summed E-state index contributed by atoms with van der Waals surface area (Å²) < 4.78 is 94.7. The van der Waals surface area contributed by atoms with Crippen molar-refractivity contribution in [2.45, 2.75) is 38.2 Å². The average molecular weight is 521 g/mol. The molecule has 4 nitrogen and oxygen atoms in total. The van der Waals surface area contributed by atoms with E-state index >= 15 is 0 Å². The zero-order valence-electron chi connectivity index (χ0n) is 19.6. The highest BCUT2D eigenvalue weighted by molar-refractivity contribution is 6.05. The third kappa shape index (κ3) is 4.45. The van der Waals surface area contributed by atoms with Crippen molar-refractivity contribution in [3.05, 3.63) is 65.2 Å². The summed E-state index contributed by atoms with van der Waals surface area (Å²) in [7, 11) is 1.31. The lowest BCUT2D eigenvalue weighted by atomic mass is 9.91. The molecule has 0 saturated heterocycles. The standard InChI is InChI=1S/C27H21F6NO3/c1-13-11-14-6-4-8-18(36-2)19(14)21(22(13)27(31,32)33)24-23(35)20(25(37-24)34-17-9-10-17)15-5-3-7-16(12-15)26(28,29)30/h3-8,11-12,17,34-35H,9-10H2,1-2H3. The van der Waals surface area contributed by atoms with Gasteiger partial charge >= 0.3 is 12.4 Å². The van der Waals surface area contributed by atoms with Gasteiger partial charge in [-0.25, -0.2) is 0 Å². The number of aryl methyl sites for hydroxylation is 1. The number of hydrogen-bond acceptors (Lipinski definition) is 4. The molecule has 10 heteroatoms. The highest BCUT2D eigenvalue weighted by Crippen LogP contribution is 2.54. The van der Waals surface area contributed by atoms with Crippen LogP contribution in [0.4, 0.5) is 32.2 Å². The highest BCUT2D eigenvalue weighted by Gasteiger charge is 2.40. The molecule has 4 aromatic rings. The van der Waals surface area contributed by atoms with Gasteiger partial charge in [-0.05, 0) is 54.5 Å². The van der Waals surface area contributed by atoms with Gasteiger partial charge in [0.05, 0.1) is 23.8 Å². The van der Waals surface area contributed by atoms with E-state index < -0.39 is 40.6 Å². The van der Waals surface area contributed by atoms with Crippen molar-refractivity contribution in [1.82, 2.24) is 0 Å². The number of nitrogens with one attached hydrogen (secondary N) is 1. The first kappa shape index (κ1) is 24.9. The molecule has 0 atom stereocenters. The fraction of sp³-hybridized carbons (Fsp3) is 0.259. The molecule has 1 aliphatic carbocycles. The van der Waals surface area contributed by atoms with Crippen molar-refractivity contribution < 1.29 is 40.6 Å². The first-order chi connectivity index (χ1) is 17.4. The summed E-state index contributed by atoms with van der Waals surface area (Å²) in [6.07, 6.45) is -8.01. The number of halogens is 6. The molecule has 1 aliphatic rings. The SMILES string of the molecule is COc1cccc2cc(C)c(C(F)(F)F)c(-c3oc(NC4CC4)c(-c4cccc(C(F)(F)F)c4)c3O)c12. The molecular formula is C27H21F6NO3. The van der Waals surface area contributed by atoms with Gasteiger partial charge in [-0.15, -0.1) is 0 Å². The summed E-state index contributed by atoms with van der Waals surface area (Å²) in [5.41, 5.74) is -2.77. The Bertz CT molecular complexity index is 1500. The minimum Gasteiger partial charge on any atom is -0.504 e. The fourth-order valence-electron chi connectivity index (χ4n) is 4.55. The minimum absolute atomic E-state index is 0.0528. The lowest BCUT2D eigenvalue weighted by molar-refractivity contribution is -0.138. The van der Waals surface area contributed by atoms with Crippen molar-refractivity contribution >= 4 is 16.7 Å². The number of fused-ring (bicyclic) bond motifs is 1. The molecule has 0 amide bonds. The quantitative estimate of drug-likeness (QED) is 0.259. The maximum absolute atomic E-state index is 14.4. The van der Waals surface area contributed by atoms with Crippen molar-refractivity contribution in [2.24, 2.45) is 0 Å². The maximum atomic E-state index is 14.4. The number of hydrogen-bond donors (Lipinski definition) is 2. The smallest absolute Gasteiger partial charge is 0.417 e. The number of benzene rings is 3. The van der Waals surface area contributed by atoms with Crippen LogP contribution < -0.4 is 10.1 Å². The van der Waals surface area contributed by atoms with E-state index in [-0.39, 0.29) is 39.8 Å². The molecule has 194 valence electrons. The number of anilines is 1. The van der Waals surface area contributed by atoms with Crippen LogP contribution in [0.3, 0.4) is 0 Å². The van der Waals surface area contributed by atoms with E-state index in [4.69, 9.17) is 9.15 Å². The van der Waals surface area contributed by atoms with Crippen LogP contribution in [0, 0.1) is 6.92 Å². The topological polar surface area (TPSA) is 54.6 Å². The summed E-state index contributed by atoms with van der Waals surface area (Å²) in [6.45, 7) is 1.29. The van der Waals surface area contributed by atoms with E-state index in [2.05, 4.69) is 5.32 Å². The highest BCUT2D eigenvalue weighted by atomic mass is 19.4. The molecule has 0 aliphatic heterocycles. The van der Waals surface area contributed by atoms with Crippen molar-refractivity contribution in [3.63, 3.8) is 0 Å². The number of alkyl halides is 6. The second-order valence-corrected chi connectivity index (χ2v) is 8.98. The maximum Gasteiger partial charge on any atom is 0.417 e. The third-order valence-corrected chi connectivity index (χ3v) is 6.33. The van der Waals surface area contributed by atoms with Crippen LogP contribution in [0.1, 0.15) is 29.5 Å². The van der Waals surface area contributed by atoms with Gasteiger partial charge in [-0.1, -0.05) is 30.3 Å². The zero-order valence-corrected chi connectivity index (χ0v) is 19.6. The molecule has 5 rings (SSSR count). The molecule has 37 heavy (non-hydrogen) atoms. The Morgan fingerprint density at radius 2 is 1.65 bits per heavy atom. The normalized spacial score (nSPS) is 14.3. The van der Waals surface area contributed by atoms with E-state index in [9.17, 15) is 31.4 Å². The van der Waals surface area contributed by atoms with E-state index in [1.54, 1.807) is 12.1 Å². The van der Waals surface area contributed by atoms with Crippen LogP contribution in [0.2, 0.25) is 0 Å². The monoisotopic (exact) mass is 521 g/mol. The molecule has 0 unspecified atom stereocenters. The van der Waals surface area contributed by atoms with Crippen LogP contribution in [-0.2, 0) is 12.4 Å². The first-order valence-corrected chi connectivity index (χ1v) is 11.4. The van der Waals surface area contributed by atoms with Gasteiger partial charge in [0.2, 0.25) is 5.88 Å². The number of furan rings is 1. The Hall–Kier alpha value is -3.82. The molecule has 1 fully saturated rings. The molecule has 3 aromatic carbocycles. The predicted octanol–water partition coefficient (Wildman–Crippen LogP) is 8.40. The summed E-state index contributed by atoms with van der Waals surface area (Å²) in [5, 5.41) is 14.8. The van der Waals surface area contributed by atoms with Gasteiger partial charge in [0.1, 0.15) is 5.75 Å². The fourth-order valence-corrected chi connectivity index (χ4v) is 4.55. The van der Waals surface area contributed by atoms with Crippen molar-refractivity contribution in [3.8, 4) is 33.9 Å². The van der Waals surface area contributed by atoms with Crippen molar-refractivity contribution in [1.29, 1.82) is 0 Å². The van der Waals surface area contributed by atoms with Gasteiger partial charge in [0, 0.05) is 17.0 Å². The lowest BCUT2D eigenvalue weighted by Gasteiger charge is -2.19. The third-order valence-electron chi connectivity index (χ3n) is 6.33. The van der Waals surface area contributed by atoms with E-state index in [0.29, 0.717) is 5.39 Å². The summed E-state index contributed by atoms with van der Waals surface area (Å²) in [6, 6.07) is 10.2. The molecule has 0 spiro atoms. The molecule has 1 saturated carbocycles. The second-order valence-electron chi connectivity index (χ2n) is 8.98. The first-order valence-electron chi connectivity index (χ1n) is 11.4. The number of aromatic hydroxyl groups is 1. The van der Waals surface area contributed by atoms with Crippen LogP contribution in [0.25, 0.3) is 33.2 Å². The van der Waals surface area contributed by atoms with Crippen LogP contribution >= 0.6 is 0 Å². The van der Waals surface area contributed by atoms with E-state index in [1.165, 1.54) is 32.2 Å². The molecular weight excluding hydrogens is 500 g/mol. The number of ether oxygens (including phenoxy) is 1. The van der Waals surface area contributed by atoms with Gasteiger partial charge < -0.3 is 19.6 Å². The van der Waals surface area contributed by atoms with E-state index in [1.807, 2.05) is 0 Å². The Morgan fingerprint density at radius 1 is 0.946 bits per heavy atom. The van der Waals surface area contributed by atoms with Gasteiger partial charge in [0.25, 0.3) is 0 Å². The lowest BCUT2D eigenvalue weighted by Crippen LogP contribution is -2.10. The van der Waals surface area contributed by atoms with Crippen LogP contribution in [-0.4, -0.2) is 18.3 Å². The molecule has 0 radical (unpaired) electrons. The largest absolute Gasteiger partial charge is 0.504 e.